The largest absolute Gasteiger partial charge is 0.480 e. The zero-order chi connectivity index (χ0) is 15.9. The van der Waals surface area contributed by atoms with E-state index in [0.717, 1.165) is 17.6 Å². The molecule has 1 aliphatic heterocycles. The number of aromatic nitrogens is 2. The normalized spacial score (nSPS) is 18.1. The summed E-state index contributed by atoms with van der Waals surface area (Å²) in [6.07, 6.45) is 3.74. The Morgan fingerprint density at radius 3 is 2.86 bits per heavy atom. The molecule has 6 nitrogen and oxygen atoms in total. The fraction of sp³-hybridized carbons (Fsp3) is 0.438. The highest BCUT2D eigenvalue weighted by Gasteiger charge is 2.36. The van der Waals surface area contributed by atoms with Crippen molar-refractivity contribution < 1.29 is 14.7 Å². The minimum Gasteiger partial charge on any atom is -0.480 e. The van der Waals surface area contributed by atoms with Gasteiger partial charge in [-0.2, -0.15) is 0 Å². The summed E-state index contributed by atoms with van der Waals surface area (Å²) in [5, 5.41) is 9.30. The maximum Gasteiger partial charge on any atom is 0.326 e. The summed E-state index contributed by atoms with van der Waals surface area (Å²) in [7, 11) is 0. The molecule has 22 heavy (non-hydrogen) atoms. The van der Waals surface area contributed by atoms with Crippen LogP contribution in [0.25, 0.3) is 5.65 Å². The quantitative estimate of drug-likeness (QED) is 0.939. The van der Waals surface area contributed by atoms with Crippen LogP contribution < -0.4 is 0 Å². The molecule has 0 bridgehead atoms. The fourth-order valence-electron chi connectivity index (χ4n) is 3.08. The molecule has 3 rings (SSSR count). The van der Waals surface area contributed by atoms with E-state index in [2.05, 4.69) is 4.98 Å². The highest BCUT2D eigenvalue weighted by molar-refractivity contribution is 5.97. The monoisotopic (exact) mass is 301 g/mol. The molecule has 116 valence electrons. The lowest BCUT2D eigenvalue weighted by atomic mass is 10.2. The Hall–Kier alpha value is -2.37. The Morgan fingerprint density at radius 2 is 2.18 bits per heavy atom. The van der Waals surface area contributed by atoms with Crippen LogP contribution in [0.2, 0.25) is 0 Å². The van der Waals surface area contributed by atoms with Crippen molar-refractivity contribution in [2.24, 2.45) is 0 Å². The Bertz CT molecular complexity index is 750. The van der Waals surface area contributed by atoms with Crippen molar-refractivity contribution in [3.05, 3.63) is 35.3 Å². The molecule has 0 spiro atoms. The van der Waals surface area contributed by atoms with Gasteiger partial charge in [0.15, 0.2) is 0 Å². The first-order chi connectivity index (χ1) is 10.5. The maximum absolute atomic E-state index is 12.9. The van der Waals surface area contributed by atoms with Crippen LogP contribution in [0, 0.1) is 6.92 Å². The number of rotatable bonds is 3. The van der Waals surface area contributed by atoms with Gasteiger partial charge >= 0.3 is 5.97 Å². The molecule has 3 heterocycles. The summed E-state index contributed by atoms with van der Waals surface area (Å²) in [5.41, 5.74) is 2.95. The van der Waals surface area contributed by atoms with Crippen LogP contribution in [0.4, 0.5) is 0 Å². The van der Waals surface area contributed by atoms with E-state index in [4.69, 9.17) is 0 Å². The van der Waals surface area contributed by atoms with Crippen molar-refractivity contribution in [2.75, 3.05) is 6.54 Å². The standard InChI is InChI=1S/C16H19N3O3/c1-3-11-14(19-9-10(2)6-7-13(19)17-11)15(20)18-8-4-5-12(18)16(21)22/h6-7,9,12H,3-5,8H2,1-2H3,(H,21,22). The molecule has 1 fully saturated rings. The number of pyridine rings is 1. The number of likely N-dealkylation sites (tertiary alicyclic amines) is 1. The lowest BCUT2D eigenvalue weighted by molar-refractivity contribution is -0.141. The Labute approximate surface area is 128 Å². The predicted octanol–water partition coefficient (Wildman–Crippen LogP) is 1.89. The number of hydrogen-bond acceptors (Lipinski definition) is 3. The highest BCUT2D eigenvalue weighted by Crippen LogP contribution is 2.23. The van der Waals surface area contributed by atoms with Gasteiger partial charge in [-0.05, 0) is 37.8 Å². The van der Waals surface area contributed by atoms with E-state index in [1.807, 2.05) is 32.2 Å². The van der Waals surface area contributed by atoms with Gasteiger partial charge in [-0.1, -0.05) is 13.0 Å². The first kappa shape index (κ1) is 14.6. The average Bonchev–Trinajstić information content (AvgIpc) is 3.10. The van der Waals surface area contributed by atoms with E-state index in [1.165, 1.54) is 4.90 Å². The summed E-state index contributed by atoms with van der Waals surface area (Å²) in [6.45, 7) is 4.39. The number of carbonyl (C=O) groups is 2. The third kappa shape index (κ3) is 2.24. The van der Waals surface area contributed by atoms with E-state index in [9.17, 15) is 14.7 Å². The molecular weight excluding hydrogens is 282 g/mol. The van der Waals surface area contributed by atoms with Crippen LogP contribution in [0.5, 0.6) is 0 Å². The van der Waals surface area contributed by atoms with Gasteiger partial charge in [-0.15, -0.1) is 0 Å². The van der Waals surface area contributed by atoms with E-state index in [0.29, 0.717) is 30.8 Å². The number of carboxylic acids is 1. The number of carboxylic acid groups (broad SMARTS) is 1. The summed E-state index contributed by atoms with van der Waals surface area (Å²) in [4.78, 5) is 30.2. The first-order valence-electron chi connectivity index (χ1n) is 7.54. The summed E-state index contributed by atoms with van der Waals surface area (Å²) < 4.78 is 1.79. The minimum absolute atomic E-state index is 0.236. The second kappa shape index (κ2) is 5.44. The molecule has 1 N–H and O–H groups in total. The third-order valence-electron chi connectivity index (χ3n) is 4.17. The zero-order valence-corrected chi connectivity index (χ0v) is 12.7. The van der Waals surface area contributed by atoms with Crippen LogP contribution in [0.15, 0.2) is 18.3 Å². The molecule has 0 aromatic carbocycles. The smallest absolute Gasteiger partial charge is 0.326 e. The van der Waals surface area contributed by atoms with E-state index < -0.39 is 12.0 Å². The number of aliphatic carboxylic acids is 1. The van der Waals surface area contributed by atoms with Crippen LogP contribution >= 0.6 is 0 Å². The second-order valence-corrected chi connectivity index (χ2v) is 5.69. The second-order valence-electron chi connectivity index (χ2n) is 5.69. The molecule has 0 saturated carbocycles. The zero-order valence-electron chi connectivity index (χ0n) is 12.7. The number of hydrogen-bond donors (Lipinski definition) is 1. The minimum atomic E-state index is -0.936. The average molecular weight is 301 g/mol. The molecule has 2 aromatic heterocycles. The lowest BCUT2D eigenvalue weighted by Crippen LogP contribution is -2.41. The summed E-state index contributed by atoms with van der Waals surface area (Å²) in [5.74, 6) is -1.17. The van der Waals surface area contributed by atoms with Crippen LogP contribution in [0.3, 0.4) is 0 Å². The lowest BCUT2D eigenvalue weighted by Gasteiger charge is -2.21. The van der Waals surface area contributed by atoms with Crippen molar-refractivity contribution in [3.63, 3.8) is 0 Å². The summed E-state index contributed by atoms with van der Waals surface area (Å²) >= 11 is 0. The van der Waals surface area contributed by atoms with Crippen molar-refractivity contribution in [3.8, 4) is 0 Å². The number of amides is 1. The summed E-state index contributed by atoms with van der Waals surface area (Å²) in [6, 6.07) is 3.10. The van der Waals surface area contributed by atoms with Crippen LogP contribution in [0.1, 0.15) is 41.5 Å². The molecule has 6 heteroatoms. The van der Waals surface area contributed by atoms with Gasteiger partial charge in [0, 0.05) is 12.7 Å². The van der Waals surface area contributed by atoms with Gasteiger partial charge < -0.3 is 10.0 Å². The van der Waals surface area contributed by atoms with Gasteiger partial charge in [0.1, 0.15) is 17.4 Å². The molecule has 1 unspecified atom stereocenters. The Balaban J connectivity index is 2.10. The van der Waals surface area contributed by atoms with Gasteiger partial charge in [0.05, 0.1) is 5.69 Å². The van der Waals surface area contributed by atoms with Gasteiger partial charge in [-0.3, -0.25) is 9.20 Å². The fourth-order valence-corrected chi connectivity index (χ4v) is 3.08. The highest BCUT2D eigenvalue weighted by atomic mass is 16.4. The van der Waals surface area contributed by atoms with Crippen molar-refractivity contribution >= 4 is 17.5 Å². The number of carbonyl (C=O) groups excluding carboxylic acids is 1. The number of imidazole rings is 1. The SMILES string of the molecule is CCc1nc2ccc(C)cn2c1C(=O)N1CCCC1C(=O)O. The van der Waals surface area contributed by atoms with Crippen LogP contribution in [-0.4, -0.2) is 43.9 Å². The first-order valence-corrected chi connectivity index (χ1v) is 7.54. The Morgan fingerprint density at radius 1 is 1.41 bits per heavy atom. The van der Waals surface area contributed by atoms with Crippen molar-refractivity contribution in [1.29, 1.82) is 0 Å². The molecule has 0 radical (unpaired) electrons. The molecular formula is C16H19N3O3. The van der Waals surface area contributed by atoms with Crippen LogP contribution in [-0.2, 0) is 11.2 Å². The van der Waals surface area contributed by atoms with Gasteiger partial charge in [0.2, 0.25) is 0 Å². The van der Waals surface area contributed by atoms with Gasteiger partial charge in [0.25, 0.3) is 5.91 Å². The molecule has 1 atom stereocenters. The predicted molar refractivity (Wildman–Crippen MR) is 81.0 cm³/mol. The number of aryl methyl sites for hydroxylation is 2. The Kier molecular flexibility index (Phi) is 3.60. The van der Waals surface area contributed by atoms with E-state index in [-0.39, 0.29) is 5.91 Å². The van der Waals surface area contributed by atoms with E-state index in [1.54, 1.807) is 4.40 Å². The molecule has 1 amide bonds. The molecule has 2 aromatic rings. The van der Waals surface area contributed by atoms with Crippen molar-refractivity contribution in [1.82, 2.24) is 14.3 Å². The molecule has 1 saturated heterocycles. The maximum atomic E-state index is 12.9. The molecule has 0 aliphatic carbocycles. The number of fused-ring (bicyclic) bond motifs is 1. The number of nitrogens with zero attached hydrogens (tertiary/aromatic N) is 3. The van der Waals surface area contributed by atoms with Gasteiger partial charge in [-0.25, -0.2) is 9.78 Å². The van der Waals surface area contributed by atoms with E-state index >= 15 is 0 Å². The third-order valence-corrected chi connectivity index (χ3v) is 4.17. The molecule has 1 aliphatic rings. The topological polar surface area (TPSA) is 74.9 Å². The van der Waals surface area contributed by atoms with Crippen molar-refractivity contribution in [2.45, 2.75) is 39.2 Å².